The molecule has 1 spiro atoms. The van der Waals surface area contributed by atoms with Crippen LogP contribution in [0.25, 0.3) is 0 Å². The van der Waals surface area contributed by atoms with E-state index in [1.165, 1.54) is 12.5 Å². The van der Waals surface area contributed by atoms with E-state index in [0.717, 1.165) is 43.2 Å². The molecule has 0 bridgehead atoms. The number of hydrogen-bond donors (Lipinski definition) is 3. The SMILES string of the molecule is CC(=O)N[C@@H](Cc1ccnc(Cl)c1)[C@@H](O)CN[C@H]1CC2(CCC2)Oc2ncc(CC(C)(C)C)cc21. The zero-order chi connectivity index (χ0) is 25.2. The third-order valence-electron chi connectivity index (χ3n) is 6.87. The lowest BCUT2D eigenvalue weighted by Gasteiger charge is -2.47. The summed E-state index contributed by atoms with van der Waals surface area (Å²) in [6, 6.07) is 5.37. The largest absolute Gasteiger partial charge is 0.471 e. The molecule has 35 heavy (non-hydrogen) atoms. The monoisotopic (exact) mass is 500 g/mol. The summed E-state index contributed by atoms with van der Waals surface area (Å²) in [5.74, 6) is 0.514. The Balaban J connectivity index is 1.50. The summed E-state index contributed by atoms with van der Waals surface area (Å²) in [5.41, 5.74) is 3.12. The first kappa shape index (κ1) is 25.9. The quantitative estimate of drug-likeness (QED) is 0.471. The van der Waals surface area contributed by atoms with Crippen molar-refractivity contribution in [2.45, 2.75) is 90.0 Å². The number of pyridine rings is 2. The van der Waals surface area contributed by atoms with E-state index in [-0.39, 0.29) is 23.0 Å². The third kappa shape index (κ3) is 6.72. The van der Waals surface area contributed by atoms with Crippen molar-refractivity contribution in [1.82, 2.24) is 20.6 Å². The van der Waals surface area contributed by atoms with E-state index in [9.17, 15) is 9.90 Å². The molecule has 0 aromatic carbocycles. The smallest absolute Gasteiger partial charge is 0.218 e. The number of amides is 1. The van der Waals surface area contributed by atoms with Gasteiger partial charge < -0.3 is 20.5 Å². The van der Waals surface area contributed by atoms with Crippen LogP contribution in [0.1, 0.15) is 76.1 Å². The standard InChI is InChI=1S/C27H37ClN4O3/c1-17(33)32-21(11-18-6-9-29-24(28)12-18)23(34)16-30-22-14-27(7-5-8-27)35-25-20(22)10-19(15-31-25)13-26(2,3)4/h6,9-10,12,15,21-23,30,34H,5,7-8,11,13-14,16H2,1-4H3,(H,32,33)/t21-,22-,23-/m0/s1. The summed E-state index contributed by atoms with van der Waals surface area (Å²) >= 11 is 6.03. The molecule has 2 aromatic rings. The van der Waals surface area contributed by atoms with Crippen molar-refractivity contribution in [3.05, 3.63) is 52.4 Å². The second kappa shape index (κ2) is 10.4. The van der Waals surface area contributed by atoms with Gasteiger partial charge in [0.25, 0.3) is 0 Å². The van der Waals surface area contributed by atoms with Crippen molar-refractivity contribution in [2.24, 2.45) is 5.41 Å². The lowest BCUT2D eigenvalue weighted by atomic mass is 9.73. The first-order chi connectivity index (χ1) is 16.5. The number of nitrogens with zero attached hydrogens (tertiary/aromatic N) is 2. The minimum atomic E-state index is -0.791. The first-order valence-electron chi connectivity index (χ1n) is 12.5. The van der Waals surface area contributed by atoms with Gasteiger partial charge in [0, 0.05) is 43.9 Å². The van der Waals surface area contributed by atoms with E-state index in [2.05, 4.69) is 42.5 Å². The number of halogens is 1. The Morgan fingerprint density at radius 2 is 2.06 bits per heavy atom. The number of fused-ring (bicyclic) bond motifs is 1. The molecule has 190 valence electrons. The minimum Gasteiger partial charge on any atom is -0.471 e. The summed E-state index contributed by atoms with van der Waals surface area (Å²) in [6.07, 6.45) is 8.20. The van der Waals surface area contributed by atoms with Gasteiger partial charge in [0.2, 0.25) is 11.8 Å². The van der Waals surface area contributed by atoms with E-state index in [1.54, 1.807) is 12.3 Å². The maximum Gasteiger partial charge on any atom is 0.218 e. The highest BCUT2D eigenvalue weighted by atomic mass is 35.5. The molecule has 1 aliphatic heterocycles. The highest BCUT2D eigenvalue weighted by molar-refractivity contribution is 6.29. The van der Waals surface area contributed by atoms with Gasteiger partial charge in [-0.1, -0.05) is 32.4 Å². The Hall–Kier alpha value is -2.22. The molecule has 3 atom stereocenters. The maximum atomic E-state index is 11.9. The molecule has 4 rings (SSSR count). The molecule has 8 heteroatoms. The van der Waals surface area contributed by atoms with Crippen LogP contribution in [0.4, 0.5) is 0 Å². The molecule has 0 saturated heterocycles. The summed E-state index contributed by atoms with van der Waals surface area (Å²) in [7, 11) is 0. The average Bonchev–Trinajstić information content (AvgIpc) is 2.74. The molecule has 2 aliphatic rings. The molecule has 0 unspecified atom stereocenters. The summed E-state index contributed by atoms with van der Waals surface area (Å²) in [6.45, 7) is 8.45. The predicted octanol–water partition coefficient (Wildman–Crippen LogP) is 4.16. The highest BCUT2D eigenvalue weighted by Gasteiger charge is 2.46. The Morgan fingerprint density at radius 3 is 2.69 bits per heavy atom. The Morgan fingerprint density at radius 1 is 1.29 bits per heavy atom. The van der Waals surface area contributed by atoms with Crippen molar-refractivity contribution in [3.8, 4) is 5.88 Å². The van der Waals surface area contributed by atoms with Crippen molar-refractivity contribution in [3.63, 3.8) is 0 Å². The highest BCUT2D eigenvalue weighted by Crippen LogP contribution is 2.48. The zero-order valence-corrected chi connectivity index (χ0v) is 21.9. The fourth-order valence-electron chi connectivity index (χ4n) is 5.12. The number of aliphatic hydroxyl groups is 1. The summed E-state index contributed by atoms with van der Waals surface area (Å²) in [4.78, 5) is 20.6. The van der Waals surface area contributed by atoms with E-state index in [1.807, 2.05) is 12.3 Å². The van der Waals surface area contributed by atoms with Gasteiger partial charge in [-0.2, -0.15) is 0 Å². The molecule has 7 nitrogen and oxygen atoms in total. The lowest BCUT2D eigenvalue weighted by Crippen LogP contribution is -2.52. The van der Waals surface area contributed by atoms with Crippen LogP contribution in [-0.2, 0) is 17.6 Å². The van der Waals surface area contributed by atoms with Crippen molar-refractivity contribution in [2.75, 3.05) is 6.54 Å². The van der Waals surface area contributed by atoms with Crippen molar-refractivity contribution in [1.29, 1.82) is 0 Å². The van der Waals surface area contributed by atoms with Crippen LogP contribution in [-0.4, -0.2) is 45.3 Å². The molecule has 3 N–H and O–H groups in total. The Bertz CT molecular complexity index is 1050. The number of nitrogens with one attached hydrogen (secondary N) is 2. The van der Waals surface area contributed by atoms with Gasteiger partial charge in [-0.25, -0.2) is 9.97 Å². The van der Waals surface area contributed by atoms with E-state index in [0.29, 0.717) is 24.0 Å². The molecule has 2 aromatic heterocycles. The number of carbonyl (C=O) groups is 1. The van der Waals surface area contributed by atoms with Gasteiger partial charge >= 0.3 is 0 Å². The molecular weight excluding hydrogens is 464 g/mol. The summed E-state index contributed by atoms with van der Waals surface area (Å²) in [5, 5.41) is 18.0. The number of hydrogen-bond acceptors (Lipinski definition) is 6. The molecule has 1 aliphatic carbocycles. The predicted molar refractivity (Wildman–Crippen MR) is 137 cm³/mol. The second-order valence-corrected chi connectivity index (χ2v) is 11.7. The van der Waals surface area contributed by atoms with E-state index < -0.39 is 12.1 Å². The fraction of sp³-hybridized carbons (Fsp3) is 0.593. The van der Waals surface area contributed by atoms with Gasteiger partial charge in [-0.05, 0) is 66.8 Å². The molecule has 3 heterocycles. The number of carbonyl (C=O) groups excluding carboxylic acids is 1. The lowest BCUT2D eigenvalue weighted by molar-refractivity contribution is -0.120. The number of ether oxygens (including phenoxy) is 1. The molecule has 1 saturated carbocycles. The average molecular weight is 501 g/mol. The van der Waals surface area contributed by atoms with Crippen LogP contribution in [0.2, 0.25) is 5.15 Å². The number of aromatic nitrogens is 2. The summed E-state index contributed by atoms with van der Waals surface area (Å²) < 4.78 is 6.38. The van der Waals surface area contributed by atoms with E-state index in [4.69, 9.17) is 21.3 Å². The molecule has 1 amide bonds. The fourth-order valence-corrected chi connectivity index (χ4v) is 5.32. The van der Waals surface area contributed by atoms with Gasteiger partial charge in [0.15, 0.2) is 0 Å². The van der Waals surface area contributed by atoms with Crippen molar-refractivity contribution >= 4 is 17.5 Å². The first-order valence-corrected chi connectivity index (χ1v) is 12.9. The minimum absolute atomic E-state index is 0.0227. The second-order valence-electron chi connectivity index (χ2n) is 11.3. The van der Waals surface area contributed by atoms with E-state index >= 15 is 0 Å². The van der Waals surface area contributed by atoms with Crippen LogP contribution in [0.5, 0.6) is 5.88 Å². The normalized spacial score (nSPS) is 20.3. The van der Waals surface area contributed by atoms with Crippen LogP contribution in [0.3, 0.4) is 0 Å². The third-order valence-corrected chi connectivity index (χ3v) is 7.08. The Kier molecular flexibility index (Phi) is 7.69. The van der Waals surface area contributed by atoms with Gasteiger partial charge in [0.1, 0.15) is 10.8 Å². The van der Waals surface area contributed by atoms with Crippen LogP contribution >= 0.6 is 11.6 Å². The molecule has 1 fully saturated rings. The number of rotatable bonds is 8. The Labute approximate surface area is 213 Å². The number of aliphatic hydroxyl groups excluding tert-OH is 1. The topological polar surface area (TPSA) is 96.4 Å². The zero-order valence-electron chi connectivity index (χ0n) is 21.1. The van der Waals surface area contributed by atoms with Crippen LogP contribution in [0, 0.1) is 5.41 Å². The van der Waals surface area contributed by atoms with Gasteiger partial charge in [-0.15, -0.1) is 0 Å². The molecule has 0 radical (unpaired) electrons. The van der Waals surface area contributed by atoms with Crippen molar-refractivity contribution < 1.29 is 14.6 Å². The molecular formula is C27H37ClN4O3. The van der Waals surface area contributed by atoms with Gasteiger partial charge in [0.05, 0.1) is 12.1 Å². The van der Waals surface area contributed by atoms with Crippen LogP contribution in [0.15, 0.2) is 30.6 Å². The van der Waals surface area contributed by atoms with Crippen LogP contribution < -0.4 is 15.4 Å². The maximum absolute atomic E-state index is 11.9. The van der Waals surface area contributed by atoms with Gasteiger partial charge in [-0.3, -0.25) is 4.79 Å².